The average molecular weight is 456 g/mol. The van der Waals surface area contributed by atoms with E-state index in [0.717, 1.165) is 42.5 Å². The molecule has 0 aliphatic carbocycles. The molecule has 1 aliphatic heterocycles. The van der Waals surface area contributed by atoms with Crippen molar-refractivity contribution in [2.45, 2.75) is 44.6 Å². The van der Waals surface area contributed by atoms with Crippen LogP contribution < -0.4 is 5.32 Å². The van der Waals surface area contributed by atoms with Crippen LogP contribution in [0.5, 0.6) is 0 Å². The molecule has 1 atom stereocenters. The molecule has 1 fully saturated rings. The highest BCUT2D eigenvalue weighted by Crippen LogP contribution is 2.29. The third-order valence-corrected chi connectivity index (χ3v) is 6.25. The molecule has 0 saturated carbocycles. The van der Waals surface area contributed by atoms with Crippen LogP contribution in [0.2, 0.25) is 0 Å². The van der Waals surface area contributed by atoms with Crippen molar-refractivity contribution < 1.29 is 18.3 Å². The van der Waals surface area contributed by atoms with Crippen LogP contribution in [0.1, 0.15) is 29.7 Å². The molecule has 1 aliphatic rings. The zero-order chi connectivity index (χ0) is 22.7. The monoisotopic (exact) mass is 455 g/mol. The van der Waals surface area contributed by atoms with E-state index in [1.165, 1.54) is 12.1 Å². The fourth-order valence-corrected chi connectivity index (χ4v) is 4.19. The summed E-state index contributed by atoms with van der Waals surface area (Å²) in [6.07, 6.45) is 2.03. The van der Waals surface area contributed by atoms with E-state index in [0.29, 0.717) is 23.5 Å². The van der Waals surface area contributed by atoms with Crippen LogP contribution in [0.4, 0.5) is 10.2 Å². The molecule has 3 heterocycles. The number of carbonyl (C=O) groups excluding carboxylic acids is 1. The summed E-state index contributed by atoms with van der Waals surface area (Å²) < 4.78 is 26.3. The molecule has 1 amide bonds. The Bertz CT molecular complexity index is 1160. The number of rotatable bonds is 7. The molecule has 32 heavy (non-hydrogen) atoms. The second-order valence-corrected chi connectivity index (χ2v) is 8.43. The Labute approximate surface area is 188 Å². The average Bonchev–Trinajstić information content (AvgIpc) is 3.51. The predicted octanol–water partition coefficient (Wildman–Crippen LogP) is 4.08. The molecule has 3 aromatic rings. The Kier molecular flexibility index (Phi) is 6.58. The number of nitrogens with one attached hydrogen (secondary N) is 1. The first-order valence-electron chi connectivity index (χ1n) is 10.2. The first-order chi connectivity index (χ1) is 15.5. The third-order valence-electron chi connectivity index (χ3n) is 5.43. The summed E-state index contributed by atoms with van der Waals surface area (Å²) in [7, 11) is 0. The second-order valence-electron chi connectivity index (χ2n) is 7.51. The molecular weight excluding hydrogens is 433 g/mol. The summed E-state index contributed by atoms with van der Waals surface area (Å²) in [5.41, 5.74) is 2.82. The van der Waals surface area contributed by atoms with Crippen LogP contribution in [0.3, 0.4) is 0 Å². The van der Waals surface area contributed by atoms with Gasteiger partial charge in [0.25, 0.3) is 5.22 Å². The van der Waals surface area contributed by atoms with Crippen LogP contribution in [0, 0.1) is 31.0 Å². The van der Waals surface area contributed by atoms with Crippen molar-refractivity contribution >= 4 is 23.5 Å². The number of ether oxygens (including phenoxy) is 1. The molecule has 1 saturated heterocycles. The van der Waals surface area contributed by atoms with Gasteiger partial charge in [0, 0.05) is 17.9 Å². The van der Waals surface area contributed by atoms with Crippen LogP contribution in [0.25, 0.3) is 11.5 Å². The number of nitriles is 1. The molecule has 166 valence electrons. The van der Waals surface area contributed by atoms with Crippen molar-refractivity contribution in [2.75, 3.05) is 17.7 Å². The Hall–Kier alpha value is -3.16. The molecule has 1 aromatic carbocycles. The predicted molar refractivity (Wildman–Crippen MR) is 117 cm³/mol. The number of halogens is 1. The summed E-state index contributed by atoms with van der Waals surface area (Å²) >= 11 is 1.09. The molecule has 10 heteroatoms. The molecule has 2 aromatic heterocycles. The van der Waals surface area contributed by atoms with Crippen molar-refractivity contribution in [2.24, 2.45) is 0 Å². The Morgan fingerprint density at radius 1 is 1.34 bits per heavy atom. The lowest BCUT2D eigenvalue weighted by atomic mass is 10.2. The number of thioether (sulfide) groups is 1. The highest BCUT2D eigenvalue weighted by atomic mass is 32.2. The maximum absolute atomic E-state index is 13.1. The van der Waals surface area contributed by atoms with Gasteiger partial charge in [-0.25, -0.2) is 4.39 Å². The van der Waals surface area contributed by atoms with Gasteiger partial charge in [-0.05, 0) is 56.5 Å². The smallest absolute Gasteiger partial charge is 0.277 e. The fourth-order valence-electron chi connectivity index (χ4n) is 3.62. The number of carbonyl (C=O) groups is 1. The van der Waals surface area contributed by atoms with E-state index in [1.54, 1.807) is 12.1 Å². The number of hydrogen-bond donors (Lipinski definition) is 1. The van der Waals surface area contributed by atoms with E-state index < -0.39 is 0 Å². The lowest BCUT2D eigenvalue weighted by Gasteiger charge is -2.16. The van der Waals surface area contributed by atoms with E-state index in [-0.39, 0.29) is 34.7 Å². The van der Waals surface area contributed by atoms with Gasteiger partial charge in [-0.2, -0.15) is 5.26 Å². The van der Waals surface area contributed by atoms with E-state index >= 15 is 0 Å². The highest BCUT2D eigenvalue weighted by molar-refractivity contribution is 7.99. The van der Waals surface area contributed by atoms with Crippen LogP contribution in [-0.4, -0.2) is 39.1 Å². The van der Waals surface area contributed by atoms with E-state index in [2.05, 4.69) is 21.6 Å². The molecular formula is C22H22FN5O3S. The fraction of sp³-hybridized carbons (Fsp3) is 0.364. The minimum absolute atomic E-state index is 0.0269. The first-order valence-corrected chi connectivity index (χ1v) is 11.2. The van der Waals surface area contributed by atoms with Crippen LogP contribution in [0.15, 0.2) is 33.9 Å². The normalized spacial score (nSPS) is 15.6. The minimum Gasteiger partial charge on any atom is -0.411 e. The van der Waals surface area contributed by atoms with Gasteiger partial charge < -0.3 is 19.0 Å². The van der Waals surface area contributed by atoms with Gasteiger partial charge in [0.1, 0.15) is 17.7 Å². The third kappa shape index (κ3) is 4.69. The number of amides is 1. The number of nitrogens with zero attached hydrogens (tertiary/aromatic N) is 4. The first kappa shape index (κ1) is 22.0. The largest absolute Gasteiger partial charge is 0.411 e. The Morgan fingerprint density at radius 2 is 2.12 bits per heavy atom. The van der Waals surface area contributed by atoms with Crippen LogP contribution >= 0.6 is 11.8 Å². The van der Waals surface area contributed by atoms with Gasteiger partial charge in [0.05, 0.1) is 24.0 Å². The summed E-state index contributed by atoms with van der Waals surface area (Å²) in [6.45, 7) is 5.13. The summed E-state index contributed by atoms with van der Waals surface area (Å²) in [6, 6.07) is 7.90. The van der Waals surface area contributed by atoms with Gasteiger partial charge in [0.15, 0.2) is 0 Å². The summed E-state index contributed by atoms with van der Waals surface area (Å²) in [4.78, 5) is 12.7. The molecule has 4 rings (SSSR count). The van der Waals surface area contributed by atoms with Gasteiger partial charge in [-0.1, -0.05) is 11.8 Å². The van der Waals surface area contributed by atoms with Gasteiger partial charge in [-0.15, -0.1) is 10.2 Å². The molecule has 8 nitrogen and oxygen atoms in total. The quantitative estimate of drug-likeness (QED) is 0.535. The van der Waals surface area contributed by atoms with Gasteiger partial charge in [-0.3, -0.25) is 4.79 Å². The molecule has 1 N–H and O–H groups in total. The standard InChI is InChI=1S/C22H22FN5O3S/c1-13-14(2)28(11-17-4-3-9-30-17)20(18(13)10-24)25-19(29)12-32-22-27-26-21(31-22)15-5-7-16(23)8-6-15/h5-8,17H,3-4,9,11-12H2,1-2H3,(H,25,29). The summed E-state index contributed by atoms with van der Waals surface area (Å²) in [5.74, 6) is 0.113. The number of hydrogen-bond acceptors (Lipinski definition) is 7. The topological polar surface area (TPSA) is 106 Å². The van der Waals surface area contributed by atoms with Gasteiger partial charge in [0.2, 0.25) is 11.8 Å². The lowest BCUT2D eigenvalue weighted by Crippen LogP contribution is -2.22. The van der Waals surface area contributed by atoms with Crippen molar-refractivity contribution in [1.82, 2.24) is 14.8 Å². The molecule has 1 unspecified atom stereocenters. The van der Waals surface area contributed by atoms with E-state index in [4.69, 9.17) is 9.15 Å². The highest BCUT2D eigenvalue weighted by Gasteiger charge is 2.24. The summed E-state index contributed by atoms with van der Waals surface area (Å²) in [5, 5.41) is 20.6. The number of benzene rings is 1. The Balaban J connectivity index is 1.43. The number of aromatic nitrogens is 3. The van der Waals surface area contributed by atoms with Crippen molar-refractivity contribution in [3.05, 3.63) is 46.9 Å². The second kappa shape index (κ2) is 9.54. The lowest BCUT2D eigenvalue weighted by molar-refractivity contribution is -0.113. The SMILES string of the molecule is Cc1c(C#N)c(NC(=O)CSc2nnc(-c3ccc(F)cc3)o2)n(CC2CCCO2)c1C. The van der Waals surface area contributed by atoms with Crippen molar-refractivity contribution in [3.63, 3.8) is 0 Å². The van der Waals surface area contributed by atoms with E-state index in [9.17, 15) is 14.4 Å². The van der Waals surface area contributed by atoms with Crippen LogP contribution in [-0.2, 0) is 16.1 Å². The van der Waals surface area contributed by atoms with Crippen molar-refractivity contribution in [1.29, 1.82) is 5.26 Å². The van der Waals surface area contributed by atoms with E-state index in [1.807, 2.05) is 18.4 Å². The van der Waals surface area contributed by atoms with Crippen molar-refractivity contribution in [3.8, 4) is 17.5 Å². The maximum atomic E-state index is 13.1. The molecule has 0 spiro atoms. The molecule has 0 radical (unpaired) electrons. The zero-order valence-electron chi connectivity index (χ0n) is 17.7. The maximum Gasteiger partial charge on any atom is 0.277 e. The Morgan fingerprint density at radius 3 is 2.81 bits per heavy atom. The molecule has 0 bridgehead atoms. The minimum atomic E-state index is -0.356. The zero-order valence-corrected chi connectivity index (χ0v) is 18.5. The van der Waals surface area contributed by atoms with Gasteiger partial charge >= 0.3 is 0 Å². The number of anilines is 1.